The van der Waals surface area contributed by atoms with Gasteiger partial charge in [-0.25, -0.2) is 4.79 Å². The van der Waals surface area contributed by atoms with Crippen LogP contribution >= 0.6 is 0 Å². The number of urea groups is 1. The fourth-order valence-electron chi connectivity index (χ4n) is 2.79. The lowest BCUT2D eigenvalue weighted by Crippen LogP contribution is -2.41. The van der Waals surface area contributed by atoms with E-state index in [-0.39, 0.29) is 12.5 Å². The molecule has 1 atom stereocenters. The van der Waals surface area contributed by atoms with Gasteiger partial charge in [-0.1, -0.05) is 6.92 Å². The molecule has 140 valence electrons. The summed E-state index contributed by atoms with van der Waals surface area (Å²) in [5, 5.41) is 5.25. The zero-order valence-corrected chi connectivity index (χ0v) is 14.9. The molecule has 4 amide bonds. The molecule has 1 unspecified atom stereocenters. The second-order valence-corrected chi connectivity index (χ2v) is 6.33. The quantitative estimate of drug-likeness (QED) is 0.600. The predicted octanol–water partition coefficient (Wildman–Crippen LogP) is 2.28. The minimum atomic E-state index is -1.34. The number of amides is 4. The van der Waals surface area contributed by atoms with Crippen molar-refractivity contribution in [3.05, 3.63) is 54.0 Å². The smallest absolute Gasteiger partial charge is 0.325 e. The van der Waals surface area contributed by atoms with Gasteiger partial charge in [-0.2, -0.15) is 0 Å². The van der Waals surface area contributed by atoms with Gasteiger partial charge in [0.25, 0.3) is 5.91 Å². The summed E-state index contributed by atoms with van der Waals surface area (Å²) in [6.45, 7) is 2.88. The number of benzene rings is 1. The summed E-state index contributed by atoms with van der Waals surface area (Å²) in [7, 11) is 0. The fourth-order valence-corrected chi connectivity index (χ4v) is 2.79. The van der Waals surface area contributed by atoms with Crippen molar-refractivity contribution in [1.29, 1.82) is 0 Å². The molecule has 0 aliphatic carbocycles. The van der Waals surface area contributed by atoms with Crippen molar-refractivity contribution in [2.45, 2.75) is 25.8 Å². The highest BCUT2D eigenvalue weighted by Crippen LogP contribution is 2.29. The molecule has 1 aliphatic heterocycles. The van der Waals surface area contributed by atoms with E-state index in [0.29, 0.717) is 23.4 Å². The number of imide groups is 1. The van der Waals surface area contributed by atoms with Gasteiger partial charge in [0.1, 0.15) is 5.76 Å². The Balaban J connectivity index is 1.71. The van der Waals surface area contributed by atoms with Crippen LogP contribution < -0.4 is 10.6 Å². The highest BCUT2D eigenvalue weighted by Gasteiger charge is 2.51. The van der Waals surface area contributed by atoms with Crippen molar-refractivity contribution in [3.8, 4) is 0 Å². The summed E-state index contributed by atoms with van der Waals surface area (Å²) in [6, 6.07) is 8.83. The molecule has 1 aromatic carbocycles. The van der Waals surface area contributed by atoms with E-state index in [1.165, 1.54) is 25.3 Å². The molecule has 1 fully saturated rings. The van der Waals surface area contributed by atoms with Crippen molar-refractivity contribution in [2.24, 2.45) is 0 Å². The minimum Gasteiger partial charge on any atom is -0.466 e. The van der Waals surface area contributed by atoms with E-state index in [4.69, 9.17) is 4.42 Å². The lowest BCUT2D eigenvalue weighted by Gasteiger charge is -2.18. The predicted molar refractivity (Wildman–Crippen MR) is 96.0 cm³/mol. The molecule has 2 aromatic rings. The van der Waals surface area contributed by atoms with Gasteiger partial charge in [-0.3, -0.25) is 19.3 Å². The molecule has 0 radical (unpaired) electrons. The summed E-state index contributed by atoms with van der Waals surface area (Å²) in [6.07, 6.45) is 1.76. The molecule has 1 saturated heterocycles. The Labute approximate surface area is 155 Å². The second kappa shape index (κ2) is 7.06. The number of furan rings is 1. The average molecular weight is 369 g/mol. The maximum absolute atomic E-state index is 12.7. The summed E-state index contributed by atoms with van der Waals surface area (Å²) in [4.78, 5) is 49.7. The summed E-state index contributed by atoms with van der Waals surface area (Å²) in [5.41, 5.74) is -0.440. The lowest BCUT2D eigenvalue weighted by molar-refractivity contribution is -0.131. The first-order valence-corrected chi connectivity index (χ1v) is 8.46. The van der Waals surface area contributed by atoms with Crippen LogP contribution in [0, 0.1) is 0 Å². The summed E-state index contributed by atoms with van der Waals surface area (Å²) in [5.74, 6) is -0.782. The molecule has 2 heterocycles. The summed E-state index contributed by atoms with van der Waals surface area (Å²) >= 11 is 0. The van der Waals surface area contributed by atoms with Gasteiger partial charge >= 0.3 is 6.03 Å². The van der Waals surface area contributed by atoms with Gasteiger partial charge in [0.15, 0.2) is 11.3 Å². The number of carbonyl (C=O) groups is 4. The zero-order valence-electron chi connectivity index (χ0n) is 14.9. The van der Waals surface area contributed by atoms with Gasteiger partial charge in [0.2, 0.25) is 5.91 Å². The van der Waals surface area contributed by atoms with Crippen LogP contribution in [0.25, 0.3) is 0 Å². The normalized spacial score (nSPS) is 19.1. The third kappa shape index (κ3) is 3.46. The minimum absolute atomic E-state index is 0.134. The third-order valence-electron chi connectivity index (χ3n) is 4.40. The maximum atomic E-state index is 12.7. The van der Waals surface area contributed by atoms with Gasteiger partial charge in [0, 0.05) is 17.7 Å². The van der Waals surface area contributed by atoms with Crippen molar-refractivity contribution in [1.82, 2.24) is 10.2 Å². The number of hydrogen-bond acceptors (Lipinski definition) is 5. The molecule has 8 heteroatoms. The number of hydrogen-bond donors (Lipinski definition) is 2. The molecular formula is C19H19N3O5. The molecule has 27 heavy (non-hydrogen) atoms. The molecule has 0 spiro atoms. The standard InChI is InChI=1S/C19H19N3O5/c1-3-16(24)20-13-8-6-12(7-9-13)14(23)11-22-17(25)19(2,21-18(22)26)15-5-4-10-27-15/h4-10H,3,11H2,1-2H3,(H,20,24)(H,21,26). The first-order valence-electron chi connectivity index (χ1n) is 8.46. The van der Waals surface area contributed by atoms with Crippen LogP contribution in [0.2, 0.25) is 0 Å². The Bertz CT molecular complexity index is 889. The van der Waals surface area contributed by atoms with Crippen LogP contribution in [0.3, 0.4) is 0 Å². The molecule has 1 aliphatic rings. The van der Waals surface area contributed by atoms with Gasteiger partial charge < -0.3 is 15.1 Å². The Morgan fingerprint density at radius 2 is 1.89 bits per heavy atom. The van der Waals surface area contributed by atoms with Crippen molar-refractivity contribution < 1.29 is 23.6 Å². The van der Waals surface area contributed by atoms with Crippen LogP contribution in [0.4, 0.5) is 10.5 Å². The molecule has 2 N–H and O–H groups in total. The molecule has 8 nitrogen and oxygen atoms in total. The molecule has 1 aromatic heterocycles. The number of nitrogens with one attached hydrogen (secondary N) is 2. The molecule has 0 bridgehead atoms. The highest BCUT2D eigenvalue weighted by atomic mass is 16.3. The van der Waals surface area contributed by atoms with Crippen LogP contribution in [-0.4, -0.2) is 35.1 Å². The first-order chi connectivity index (χ1) is 12.8. The third-order valence-corrected chi connectivity index (χ3v) is 4.40. The van der Waals surface area contributed by atoms with E-state index in [2.05, 4.69) is 10.6 Å². The van der Waals surface area contributed by atoms with Crippen LogP contribution in [0.1, 0.15) is 36.4 Å². The molecule has 0 saturated carbocycles. The van der Waals surface area contributed by atoms with E-state index in [1.54, 1.807) is 31.2 Å². The highest BCUT2D eigenvalue weighted by molar-refractivity contribution is 6.11. The first kappa shape index (κ1) is 18.4. The lowest BCUT2D eigenvalue weighted by atomic mass is 9.99. The number of rotatable bonds is 6. The Morgan fingerprint density at radius 1 is 1.19 bits per heavy atom. The Hall–Kier alpha value is -3.42. The van der Waals surface area contributed by atoms with Crippen LogP contribution in [0.15, 0.2) is 47.1 Å². The number of carbonyl (C=O) groups excluding carboxylic acids is 4. The average Bonchev–Trinajstić information content (AvgIpc) is 3.27. The van der Waals surface area contributed by atoms with Gasteiger partial charge in [-0.15, -0.1) is 0 Å². The topological polar surface area (TPSA) is 109 Å². The van der Waals surface area contributed by atoms with E-state index in [0.717, 1.165) is 4.90 Å². The van der Waals surface area contributed by atoms with E-state index in [9.17, 15) is 19.2 Å². The van der Waals surface area contributed by atoms with Crippen LogP contribution in [-0.2, 0) is 15.1 Å². The van der Waals surface area contributed by atoms with E-state index >= 15 is 0 Å². The number of ketones is 1. The van der Waals surface area contributed by atoms with Gasteiger partial charge in [-0.05, 0) is 43.3 Å². The number of Topliss-reactive ketones (excluding diaryl/α,β-unsaturated/α-hetero) is 1. The largest absolute Gasteiger partial charge is 0.466 e. The Kier molecular flexibility index (Phi) is 4.81. The van der Waals surface area contributed by atoms with E-state index in [1.807, 2.05) is 0 Å². The van der Waals surface area contributed by atoms with Crippen molar-refractivity contribution in [2.75, 3.05) is 11.9 Å². The monoisotopic (exact) mass is 369 g/mol. The van der Waals surface area contributed by atoms with E-state index < -0.39 is 23.3 Å². The van der Waals surface area contributed by atoms with Crippen molar-refractivity contribution >= 4 is 29.3 Å². The molecule has 3 rings (SSSR count). The Morgan fingerprint density at radius 3 is 2.48 bits per heavy atom. The molecular weight excluding hydrogens is 350 g/mol. The van der Waals surface area contributed by atoms with Gasteiger partial charge in [0.05, 0.1) is 12.8 Å². The van der Waals surface area contributed by atoms with Crippen molar-refractivity contribution in [3.63, 3.8) is 0 Å². The summed E-state index contributed by atoms with van der Waals surface area (Å²) < 4.78 is 5.25. The zero-order chi connectivity index (χ0) is 19.6. The maximum Gasteiger partial charge on any atom is 0.325 e. The van der Waals surface area contributed by atoms with Crippen LogP contribution in [0.5, 0.6) is 0 Å². The fraction of sp³-hybridized carbons (Fsp3) is 0.263. The number of anilines is 1. The second-order valence-electron chi connectivity index (χ2n) is 6.33. The number of nitrogens with zero attached hydrogens (tertiary/aromatic N) is 1. The SMILES string of the molecule is CCC(=O)Nc1ccc(C(=O)CN2C(=O)NC(C)(c3ccco3)C2=O)cc1.